The molecule has 8 heteroatoms. The first-order chi connectivity index (χ1) is 13.6. The lowest BCUT2D eigenvalue weighted by atomic mass is 10.1. The molecule has 1 aromatic carbocycles. The third-order valence-electron chi connectivity index (χ3n) is 5.14. The number of aromatic amines is 1. The first-order valence-electron chi connectivity index (χ1n) is 9.67. The Hall–Kier alpha value is -2.71. The normalized spacial score (nSPS) is 15.3. The molecule has 1 amide bonds. The fraction of sp³-hybridized carbons (Fsp3) is 0.450. The van der Waals surface area contributed by atoms with E-state index in [4.69, 9.17) is 4.74 Å². The number of carbonyl (C=O) groups is 1. The number of amides is 1. The second-order valence-electron chi connectivity index (χ2n) is 7.23. The van der Waals surface area contributed by atoms with E-state index in [0.717, 1.165) is 61.1 Å². The monoisotopic (exact) mass is 383 g/mol. The van der Waals surface area contributed by atoms with Crippen molar-refractivity contribution in [2.24, 2.45) is 0 Å². The van der Waals surface area contributed by atoms with Gasteiger partial charge in [0.25, 0.3) is 5.56 Å². The molecule has 2 N–H and O–H groups in total. The summed E-state index contributed by atoms with van der Waals surface area (Å²) in [4.78, 5) is 30.4. The minimum absolute atomic E-state index is 0.0826. The number of morpholine rings is 1. The molecular weight excluding hydrogens is 358 g/mol. The summed E-state index contributed by atoms with van der Waals surface area (Å²) in [7, 11) is 0. The van der Waals surface area contributed by atoms with E-state index in [2.05, 4.69) is 20.3 Å². The zero-order chi connectivity index (χ0) is 19.5. The molecule has 0 bridgehead atoms. The number of aryl methyl sites for hydroxylation is 1. The van der Waals surface area contributed by atoms with Gasteiger partial charge in [-0.1, -0.05) is 11.6 Å². The summed E-state index contributed by atoms with van der Waals surface area (Å²) < 4.78 is 6.53. The van der Waals surface area contributed by atoms with Crippen molar-refractivity contribution in [2.45, 2.75) is 19.9 Å². The van der Waals surface area contributed by atoms with E-state index in [-0.39, 0.29) is 18.0 Å². The van der Waals surface area contributed by atoms with Crippen LogP contribution in [0.4, 0.5) is 0 Å². The molecule has 0 atom stereocenters. The topological polar surface area (TPSA) is 92.2 Å². The molecular formula is C20H25N5O3. The van der Waals surface area contributed by atoms with Crippen LogP contribution < -0.4 is 10.9 Å². The maximum Gasteiger partial charge on any atom is 0.291 e. The Morgan fingerprint density at radius 3 is 2.93 bits per heavy atom. The molecule has 1 fully saturated rings. The highest BCUT2D eigenvalue weighted by Crippen LogP contribution is 2.23. The molecule has 0 saturated carbocycles. The van der Waals surface area contributed by atoms with E-state index >= 15 is 0 Å². The van der Waals surface area contributed by atoms with E-state index in [1.165, 1.54) is 4.68 Å². The molecule has 0 radical (unpaired) electrons. The van der Waals surface area contributed by atoms with E-state index in [9.17, 15) is 9.59 Å². The average Bonchev–Trinajstić information content (AvgIpc) is 3.07. The number of hydrogen-bond donors (Lipinski definition) is 2. The Kier molecular flexibility index (Phi) is 5.40. The Bertz CT molecular complexity index is 1050. The van der Waals surface area contributed by atoms with Gasteiger partial charge in [0.15, 0.2) is 0 Å². The van der Waals surface area contributed by atoms with Crippen LogP contribution in [-0.2, 0) is 16.1 Å². The van der Waals surface area contributed by atoms with Gasteiger partial charge >= 0.3 is 0 Å². The number of benzene rings is 1. The summed E-state index contributed by atoms with van der Waals surface area (Å²) in [6.45, 7) is 6.88. The molecule has 28 heavy (non-hydrogen) atoms. The highest BCUT2D eigenvalue weighted by molar-refractivity contribution is 6.06. The number of H-pyrrole nitrogens is 1. The highest BCUT2D eigenvalue weighted by atomic mass is 16.5. The summed E-state index contributed by atoms with van der Waals surface area (Å²) in [5.74, 6) is -0.206. The highest BCUT2D eigenvalue weighted by Gasteiger charge is 2.13. The van der Waals surface area contributed by atoms with Gasteiger partial charge in [0.1, 0.15) is 12.1 Å². The molecule has 3 heterocycles. The standard InChI is InChI=1S/C20H25N5O3/c1-14-3-4-17-15(11-14)16-12-22-25(20(27)19(16)23-17)13-18(26)21-5-2-6-24-7-9-28-10-8-24/h3-4,11-12,23H,2,5-10,13H2,1H3,(H,21,26). The SMILES string of the molecule is Cc1ccc2[nH]c3c(=O)n(CC(=O)NCCCN4CCOCC4)ncc3c2c1. The maximum atomic E-state index is 12.7. The van der Waals surface area contributed by atoms with Gasteiger partial charge in [0, 0.05) is 35.9 Å². The third kappa shape index (κ3) is 3.93. The van der Waals surface area contributed by atoms with Crippen LogP contribution in [0.1, 0.15) is 12.0 Å². The Labute approximate surface area is 162 Å². The molecule has 2 aromatic heterocycles. The molecule has 1 aliphatic heterocycles. The molecule has 1 aliphatic rings. The predicted octanol–water partition coefficient (Wildman–Crippen LogP) is 1.02. The minimum Gasteiger partial charge on any atom is -0.379 e. The quantitative estimate of drug-likeness (QED) is 0.620. The van der Waals surface area contributed by atoms with Crippen molar-refractivity contribution in [3.05, 3.63) is 40.3 Å². The predicted molar refractivity (Wildman–Crippen MR) is 107 cm³/mol. The van der Waals surface area contributed by atoms with Gasteiger partial charge in [0.05, 0.1) is 19.4 Å². The number of hydrogen-bond acceptors (Lipinski definition) is 5. The summed E-state index contributed by atoms with van der Waals surface area (Å²) in [6, 6.07) is 5.98. The lowest BCUT2D eigenvalue weighted by molar-refractivity contribution is -0.121. The zero-order valence-corrected chi connectivity index (χ0v) is 16.0. The number of nitrogens with zero attached hydrogens (tertiary/aromatic N) is 3. The second-order valence-corrected chi connectivity index (χ2v) is 7.23. The fourth-order valence-electron chi connectivity index (χ4n) is 3.60. The van der Waals surface area contributed by atoms with Crippen molar-refractivity contribution in [2.75, 3.05) is 39.4 Å². The van der Waals surface area contributed by atoms with Crippen LogP contribution >= 0.6 is 0 Å². The Balaban J connectivity index is 1.38. The van der Waals surface area contributed by atoms with Crippen LogP contribution in [0.25, 0.3) is 21.8 Å². The van der Waals surface area contributed by atoms with Crippen LogP contribution in [0.2, 0.25) is 0 Å². The van der Waals surface area contributed by atoms with Crippen molar-refractivity contribution < 1.29 is 9.53 Å². The number of carbonyl (C=O) groups excluding carboxylic acids is 1. The first kappa shape index (κ1) is 18.6. The van der Waals surface area contributed by atoms with E-state index < -0.39 is 0 Å². The first-order valence-corrected chi connectivity index (χ1v) is 9.67. The van der Waals surface area contributed by atoms with Crippen molar-refractivity contribution in [3.63, 3.8) is 0 Å². The zero-order valence-electron chi connectivity index (χ0n) is 16.0. The second kappa shape index (κ2) is 8.12. The lowest BCUT2D eigenvalue weighted by Crippen LogP contribution is -2.39. The van der Waals surface area contributed by atoms with Crippen molar-refractivity contribution >= 4 is 27.7 Å². The van der Waals surface area contributed by atoms with Gasteiger partial charge in [-0.2, -0.15) is 5.10 Å². The van der Waals surface area contributed by atoms with Gasteiger partial charge in [-0.05, 0) is 32.0 Å². The number of fused-ring (bicyclic) bond motifs is 3. The number of ether oxygens (including phenoxy) is 1. The minimum atomic E-state index is -0.283. The molecule has 8 nitrogen and oxygen atoms in total. The fourth-order valence-corrected chi connectivity index (χ4v) is 3.60. The van der Waals surface area contributed by atoms with E-state index in [1.54, 1.807) is 6.20 Å². The van der Waals surface area contributed by atoms with Gasteiger partial charge in [-0.25, -0.2) is 4.68 Å². The van der Waals surface area contributed by atoms with Crippen molar-refractivity contribution in [1.29, 1.82) is 0 Å². The average molecular weight is 383 g/mol. The van der Waals surface area contributed by atoms with Crippen LogP contribution in [0.3, 0.4) is 0 Å². The number of nitrogens with one attached hydrogen (secondary N) is 2. The van der Waals surface area contributed by atoms with Gasteiger partial charge in [-0.15, -0.1) is 0 Å². The molecule has 148 valence electrons. The Morgan fingerprint density at radius 2 is 2.11 bits per heavy atom. The molecule has 0 unspecified atom stereocenters. The van der Waals surface area contributed by atoms with Crippen molar-refractivity contribution in [3.8, 4) is 0 Å². The summed E-state index contributed by atoms with van der Waals surface area (Å²) in [5.41, 5.74) is 2.21. The van der Waals surface area contributed by atoms with Crippen LogP contribution in [0.5, 0.6) is 0 Å². The molecule has 3 aromatic rings. The van der Waals surface area contributed by atoms with Gasteiger partial charge in [-0.3, -0.25) is 14.5 Å². The van der Waals surface area contributed by atoms with Crippen LogP contribution in [-0.4, -0.2) is 65.0 Å². The van der Waals surface area contributed by atoms with E-state index in [1.807, 2.05) is 25.1 Å². The summed E-state index contributed by atoms with van der Waals surface area (Å²) in [6.07, 6.45) is 2.52. The van der Waals surface area contributed by atoms with Crippen LogP contribution in [0, 0.1) is 6.92 Å². The maximum absolute atomic E-state index is 12.7. The van der Waals surface area contributed by atoms with Crippen LogP contribution in [0.15, 0.2) is 29.2 Å². The van der Waals surface area contributed by atoms with E-state index in [0.29, 0.717) is 12.1 Å². The molecule has 0 aliphatic carbocycles. The van der Waals surface area contributed by atoms with Gasteiger partial charge < -0.3 is 15.0 Å². The summed E-state index contributed by atoms with van der Waals surface area (Å²) in [5, 5.41) is 8.83. The number of aromatic nitrogens is 3. The smallest absolute Gasteiger partial charge is 0.291 e. The largest absolute Gasteiger partial charge is 0.379 e. The molecule has 4 rings (SSSR count). The lowest BCUT2D eigenvalue weighted by Gasteiger charge is -2.26. The Morgan fingerprint density at radius 1 is 1.29 bits per heavy atom. The third-order valence-corrected chi connectivity index (χ3v) is 5.14. The summed E-state index contributed by atoms with van der Waals surface area (Å²) >= 11 is 0. The van der Waals surface area contributed by atoms with Gasteiger partial charge in [0.2, 0.25) is 5.91 Å². The molecule has 0 spiro atoms. The molecule has 1 saturated heterocycles. The number of rotatable bonds is 6. The van der Waals surface area contributed by atoms with Crippen molar-refractivity contribution in [1.82, 2.24) is 25.0 Å².